The van der Waals surface area contributed by atoms with Crippen LogP contribution in [0.4, 0.5) is 10.1 Å². The number of rotatable bonds is 2. The van der Waals surface area contributed by atoms with Crippen LogP contribution in [0.1, 0.15) is 31.0 Å². The molecular weight excluding hydrogens is 267 g/mol. The van der Waals surface area contributed by atoms with Gasteiger partial charge in [-0.05, 0) is 38.1 Å². The van der Waals surface area contributed by atoms with Crippen LogP contribution in [-0.4, -0.2) is 5.60 Å². The molecule has 1 heterocycles. The molecule has 0 aromatic heterocycles. The van der Waals surface area contributed by atoms with Gasteiger partial charge in [0, 0.05) is 5.56 Å². The lowest BCUT2D eigenvalue weighted by molar-refractivity contribution is 0.118. The van der Waals surface area contributed by atoms with Gasteiger partial charge < -0.3 is 10.1 Å². The van der Waals surface area contributed by atoms with E-state index in [9.17, 15) is 4.39 Å². The summed E-state index contributed by atoms with van der Waals surface area (Å²) in [6.45, 7) is 3.93. The highest BCUT2D eigenvalue weighted by Gasteiger charge is 2.41. The van der Waals surface area contributed by atoms with Crippen LogP contribution >= 0.6 is 0 Å². The second-order valence-corrected chi connectivity index (χ2v) is 5.63. The second-order valence-electron chi connectivity index (χ2n) is 5.63. The van der Waals surface area contributed by atoms with Crippen molar-refractivity contribution in [2.24, 2.45) is 0 Å². The van der Waals surface area contributed by atoms with Crippen LogP contribution in [-0.2, 0) is 0 Å². The van der Waals surface area contributed by atoms with E-state index in [1.807, 2.05) is 44.2 Å². The van der Waals surface area contributed by atoms with Crippen molar-refractivity contribution in [2.75, 3.05) is 5.32 Å². The van der Waals surface area contributed by atoms with E-state index >= 15 is 0 Å². The predicted octanol–water partition coefficient (Wildman–Crippen LogP) is 4.02. The number of ether oxygens (including phenoxy) is 1. The number of nitriles is 1. The molecule has 4 heteroatoms. The van der Waals surface area contributed by atoms with Gasteiger partial charge in [-0.15, -0.1) is 0 Å². The number of hydrogen-bond donors (Lipinski definition) is 1. The molecule has 1 unspecified atom stereocenters. The molecule has 106 valence electrons. The fourth-order valence-corrected chi connectivity index (χ4v) is 2.64. The molecule has 0 aliphatic carbocycles. The molecule has 0 bridgehead atoms. The normalized spacial score (nSPS) is 18.5. The molecule has 0 amide bonds. The van der Waals surface area contributed by atoms with E-state index in [0.717, 1.165) is 11.3 Å². The molecule has 0 radical (unpaired) electrons. The fraction of sp³-hybridized carbons (Fsp3) is 0.235. The maximum Gasteiger partial charge on any atom is 0.147 e. The van der Waals surface area contributed by atoms with E-state index in [4.69, 9.17) is 10.00 Å². The van der Waals surface area contributed by atoms with Crippen molar-refractivity contribution >= 4 is 5.69 Å². The highest BCUT2D eigenvalue weighted by molar-refractivity contribution is 5.54. The van der Waals surface area contributed by atoms with E-state index in [2.05, 4.69) is 5.32 Å². The van der Waals surface area contributed by atoms with Gasteiger partial charge in [0.1, 0.15) is 17.2 Å². The zero-order chi connectivity index (χ0) is 15.0. The van der Waals surface area contributed by atoms with Gasteiger partial charge in [0.15, 0.2) is 0 Å². The Hall–Kier alpha value is -2.54. The smallest absolute Gasteiger partial charge is 0.147 e. The maximum absolute atomic E-state index is 14.1. The first-order valence-corrected chi connectivity index (χ1v) is 6.75. The summed E-state index contributed by atoms with van der Waals surface area (Å²) in [5.41, 5.74) is 1.20. The summed E-state index contributed by atoms with van der Waals surface area (Å²) < 4.78 is 20.0. The summed E-state index contributed by atoms with van der Waals surface area (Å²) in [6.07, 6.45) is 0. The Morgan fingerprint density at radius 2 is 2.00 bits per heavy atom. The Morgan fingerprint density at radius 3 is 2.71 bits per heavy atom. The zero-order valence-corrected chi connectivity index (χ0v) is 11.9. The van der Waals surface area contributed by atoms with Gasteiger partial charge in [-0.1, -0.05) is 18.2 Å². The Kier molecular flexibility index (Phi) is 3.06. The van der Waals surface area contributed by atoms with Crippen LogP contribution in [0.25, 0.3) is 0 Å². The van der Waals surface area contributed by atoms with Crippen LogP contribution in [0.5, 0.6) is 5.75 Å². The second kappa shape index (κ2) is 4.78. The van der Waals surface area contributed by atoms with Crippen molar-refractivity contribution < 1.29 is 9.13 Å². The molecule has 0 saturated heterocycles. The third kappa shape index (κ3) is 2.31. The van der Waals surface area contributed by atoms with Gasteiger partial charge >= 0.3 is 0 Å². The Labute approximate surface area is 123 Å². The molecule has 2 aromatic rings. The van der Waals surface area contributed by atoms with Crippen LogP contribution < -0.4 is 10.1 Å². The van der Waals surface area contributed by atoms with E-state index in [0.29, 0.717) is 11.3 Å². The number of hydrogen-bond acceptors (Lipinski definition) is 3. The Bertz CT molecular complexity index is 734. The molecule has 1 aliphatic rings. The molecule has 3 rings (SSSR count). The minimum Gasteiger partial charge on any atom is -0.485 e. The lowest BCUT2D eigenvalue weighted by atomic mass is 9.94. The first-order chi connectivity index (χ1) is 10.0. The van der Waals surface area contributed by atoms with Crippen molar-refractivity contribution in [3.05, 3.63) is 59.4 Å². The lowest BCUT2D eigenvalue weighted by Gasteiger charge is -2.28. The monoisotopic (exact) mass is 282 g/mol. The lowest BCUT2D eigenvalue weighted by Crippen LogP contribution is -2.35. The van der Waals surface area contributed by atoms with Gasteiger partial charge in [0.05, 0.1) is 23.4 Å². The largest absolute Gasteiger partial charge is 0.485 e. The average Bonchev–Trinajstić information content (AvgIpc) is 2.71. The summed E-state index contributed by atoms with van der Waals surface area (Å²) in [7, 11) is 0. The number of para-hydroxylation sites is 1. The van der Waals surface area contributed by atoms with Crippen molar-refractivity contribution in [3.63, 3.8) is 0 Å². The number of anilines is 1. The van der Waals surface area contributed by atoms with Crippen LogP contribution in [0, 0.1) is 17.1 Å². The highest BCUT2D eigenvalue weighted by atomic mass is 19.1. The van der Waals surface area contributed by atoms with E-state index in [1.165, 1.54) is 6.07 Å². The first kappa shape index (κ1) is 13.4. The molecule has 1 atom stereocenters. The van der Waals surface area contributed by atoms with Crippen molar-refractivity contribution in [3.8, 4) is 11.8 Å². The number of halogens is 1. The maximum atomic E-state index is 14.1. The molecule has 2 aromatic carbocycles. The summed E-state index contributed by atoms with van der Waals surface area (Å²) in [5, 5.41) is 12.0. The van der Waals surface area contributed by atoms with E-state index < -0.39 is 11.4 Å². The van der Waals surface area contributed by atoms with Crippen LogP contribution in [0.2, 0.25) is 0 Å². The van der Waals surface area contributed by atoms with Gasteiger partial charge in [-0.3, -0.25) is 0 Å². The third-order valence-electron chi connectivity index (χ3n) is 3.70. The molecule has 1 aliphatic heterocycles. The number of benzene rings is 2. The molecule has 21 heavy (non-hydrogen) atoms. The number of fused-ring (bicyclic) bond motifs is 1. The Morgan fingerprint density at radius 1 is 1.24 bits per heavy atom. The molecule has 0 spiro atoms. The minimum absolute atomic E-state index is 0.156. The minimum atomic E-state index is -0.482. The average molecular weight is 282 g/mol. The third-order valence-corrected chi connectivity index (χ3v) is 3.70. The SMILES string of the molecule is CC1(C)Oc2ccccc2C1Nc1ccc(C#N)cc1F. The van der Waals surface area contributed by atoms with Gasteiger partial charge in [-0.2, -0.15) is 5.26 Å². The summed E-state index contributed by atoms with van der Waals surface area (Å²) in [6, 6.07) is 13.9. The van der Waals surface area contributed by atoms with Gasteiger partial charge in [0.2, 0.25) is 0 Å². The number of nitrogens with one attached hydrogen (secondary N) is 1. The molecule has 3 nitrogen and oxygen atoms in total. The molecule has 0 fully saturated rings. The van der Waals surface area contributed by atoms with Crippen molar-refractivity contribution in [1.82, 2.24) is 0 Å². The zero-order valence-electron chi connectivity index (χ0n) is 11.9. The van der Waals surface area contributed by atoms with Crippen molar-refractivity contribution in [1.29, 1.82) is 5.26 Å². The molecule has 0 saturated carbocycles. The van der Waals surface area contributed by atoms with Crippen LogP contribution in [0.15, 0.2) is 42.5 Å². The summed E-state index contributed by atoms with van der Waals surface area (Å²) in [4.78, 5) is 0. The quantitative estimate of drug-likeness (QED) is 0.904. The standard InChI is InChI=1S/C17H15FN2O/c1-17(2)16(12-5-3-4-6-15(12)21-17)20-14-8-7-11(10-19)9-13(14)18/h3-9,16,20H,1-2H3. The summed E-state index contributed by atoms with van der Waals surface area (Å²) >= 11 is 0. The highest BCUT2D eigenvalue weighted by Crippen LogP contribution is 2.44. The first-order valence-electron chi connectivity index (χ1n) is 6.75. The van der Waals surface area contributed by atoms with Crippen LogP contribution in [0.3, 0.4) is 0 Å². The molecule has 1 N–H and O–H groups in total. The summed E-state index contributed by atoms with van der Waals surface area (Å²) in [5.74, 6) is 0.378. The fourth-order valence-electron chi connectivity index (χ4n) is 2.64. The predicted molar refractivity (Wildman–Crippen MR) is 78.6 cm³/mol. The Balaban J connectivity index is 1.96. The van der Waals surface area contributed by atoms with Gasteiger partial charge in [0.25, 0.3) is 0 Å². The van der Waals surface area contributed by atoms with E-state index in [-0.39, 0.29) is 6.04 Å². The van der Waals surface area contributed by atoms with Crippen molar-refractivity contribution in [2.45, 2.75) is 25.5 Å². The van der Waals surface area contributed by atoms with E-state index in [1.54, 1.807) is 12.1 Å². The molecular formula is C17H15FN2O. The topological polar surface area (TPSA) is 45.0 Å². The number of nitrogens with zero attached hydrogens (tertiary/aromatic N) is 1. The van der Waals surface area contributed by atoms with Gasteiger partial charge in [-0.25, -0.2) is 4.39 Å².